The number of rotatable bonds is 3. The Kier molecular flexibility index (Phi) is 4.35. The van der Waals surface area contributed by atoms with E-state index in [2.05, 4.69) is 11.0 Å². The highest BCUT2D eigenvalue weighted by Crippen LogP contribution is 2.32. The standard InChI is InChI=1S/C14H17ClN4O2/c1-14(2,10-16)18-7-5-17(6-8-18)12-4-3-11(15)9-13(12)19(20)21/h3-4,9H,5-8H2,1-2H3. The Morgan fingerprint density at radius 1 is 1.33 bits per heavy atom. The fourth-order valence-electron chi connectivity index (χ4n) is 2.49. The van der Waals surface area contributed by atoms with Gasteiger partial charge >= 0.3 is 0 Å². The predicted molar refractivity (Wildman–Crippen MR) is 81.6 cm³/mol. The molecule has 2 rings (SSSR count). The highest BCUT2D eigenvalue weighted by Gasteiger charge is 2.31. The first-order chi connectivity index (χ1) is 9.85. The fourth-order valence-corrected chi connectivity index (χ4v) is 2.65. The Morgan fingerprint density at radius 2 is 1.95 bits per heavy atom. The largest absolute Gasteiger partial charge is 0.363 e. The summed E-state index contributed by atoms with van der Waals surface area (Å²) in [7, 11) is 0. The monoisotopic (exact) mass is 308 g/mol. The van der Waals surface area contributed by atoms with Gasteiger partial charge in [0.15, 0.2) is 0 Å². The van der Waals surface area contributed by atoms with Crippen LogP contribution in [-0.4, -0.2) is 41.5 Å². The molecule has 1 aliphatic rings. The molecule has 0 bridgehead atoms. The predicted octanol–water partition coefficient (Wildman–Crippen LogP) is 2.67. The quantitative estimate of drug-likeness (QED) is 0.634. The number of hydrogen-bond donors (Lipinski definition) is 0. The van der Waals surface area contributed by atoms with Crippen molar-refractivity contribution in [3.05, 3.63) is 33.3 Å². The third kappa shape index (κ3) is 3.26. The van der Waals surface area contributed by atoms with Gasteiger partial charge < -0.3 is 4.90 Å². The highest BCUT2D eigenvalue weighted by atomic mass is 35.5. The Bertz CT molecular complexity index is 589. The van der Waals surface area contributed by atoms with E-state index in [9.17, 15) is 10.1 Å². The molecule has 7 heteroatoms. The summed E-state index contributed by atoms with van der Waals surface area (Å²) in [6.07, 6.45) is 0. The first kappa shape index (κ1) is 15.5. The molecule has 1 aromatic rings. The summed E-state index contributed by atoms with van der Waals surface area (Å²) < 4.78 is 0. The van der Waals surface area contributed by atoms with Crippen molar-refractivity contribution in [2.45, 2.75) is 19.4 Å². The maximum absolute atomic E-state index is 11.2. The average molecular weight is 309 g/mol. The molecule has 1 saturated heterocycles. The third-order valence-electron chi connectivity index (χ3n) is 3.82. The summed E-state index contributed by atoms with van der Waals surface area (Å²) in [5, 5.41) is 20.7. The lowest BCUT2D eigenvalue weighted by Gasteiger charge is -2.41. The average Bonchev–Trinajstić information content (AvgIpc) is 2.47. The zero-order valence-corrected chi connectivity index (χ0v) is 12.8. The van der Waals surface area contributed by atoms with E-state index in [-0.39, 0.29) is 5.69 Å². The fraction of sp³-hybridized carbons (Fsp3) is 0.500. The van der Waals surface area contributed by atoms with Gasteiger partial charge in [0.05, 0.1) is 11.0 Å². The van der Waals surface area contributed by atoms with Gasteiger partial charge in [-0.2, -0.15) is 5.26 Å². The van der Waals surface area contributed by atoms with E-state index < -0.39 is 10.5 Å². The zero-order chi connectivity index (χ0) is 15.6. The summed E-state index contributed by atoms with van der Waals surface area (Å²) in [6, 6.07) is 7.01. The summed E-state index contributed by atoms with van der Waals surface area (Å²) in [4.78, 5) is 14.8. The molecule has 112 valence electrons. The van der Waals surface area contributed by atoms with Gasteiger partial charge in [0.1, 0.15) is 11.2 Å². The minimum Gasteiger partial charge on any atom is -0.363 e. The lowest BCUT2D eigenvalue weighted by Crippen LogP contribution is -2.54. The minimum absolute atomic E-state index is 0.0236. The third-order valence-corrected chi connectivity index (χ3v) is 4.05. The number of hydrogen-bond acceptors (Lipinski definition) is 5. The Balaban J connectivity index is 2.17. The van der Waals surface area contributed by atoms with Gasteiger partial charge in [-0.1, -0.05) is 11.6 Å². The van der Waals surface area contributed by atoms with Crippen LogP contribution in [0.3, 0.4) is 0 Å². The molecule has 1 aromatic carbocycles. The summed E-state index contributed by atoms with van der Waals surface area (Å²) in [5.41, 5.74) is 0.0900. The maximum atomic E-state index is 11.2. The molecule has 0 aliphatic carbocycles. The van der Waals surface area contributed by atoms with Crippen LogP contribution in [0, 0.1) is 21.4 Å². The lowest BCUT2D eigenvalue weighted by molar-refractivity contribution is -0.384. The summed E-state index contributed by atoms with van der Waals surface area (Å²) in [5.74, 6) is 0. The molecule has 0 unspecified atom stereocenters. The van der Waals surface area contributed by atoms with Crippen molar-refractivity contribution >= 4 is 23.0 Å². The molecule has 0 spiro atoms. The van der Waals surface area contributed by atoms with E-state index in [0.29, 0.717) is 36.9 Å². The number of nitrogens with zero attached hydrogens (tertiary/aromatic N) is 4. The smallest absolute Gasteiger partial charge is 0.294 e. The second kappa shape index (κ2) is 5.88. The molecule has 0 saturated carbocycles. The van der Waals surface area contributed by atoms with Crippen molar-refractivity contribution in [2.24, 2.45) is 0 Å². The first-order valence-electron chi connectivity index (χ1n) is 6.70. The summed E-state index contributed by atoms with van der Waals surface area (Å²) >= 11 is 5.83. The number of benzene rings is 1. The van der Waals surface area contributed by atoms with Crippen molar-refractivity contribution in [3.63, 3.8) is 0 Å². The number of halogens is 1. The molecule has 1 aliphatic heterocycles. The van der Waals surface area contributed by atoms with E-state index in [4.69, 9.17) is 16.9 Å². The number of nitriles is 1. The van der Waals surface area contributed by atoms with Gasteiger partial charge in [0.25, 0.3) is 5.69 Å². The van der Waals surface area contributed by atoms with Crippen LogP contribution < -0.4 is 4.90 Å². The second-order valence-electron chi connectivity index (χ2n) is 5.54. The Morgan fingerprint density at radius 3 is 2.48 bits per heavy atom. The van der Waals surface area contributed by atoms with Crippen LogP contribution in [0.25, 0.3) is 0 Å². The van der Waals surface area contributed by atoms with Crippen LogP contribution in [0.5, 0.6) is 0 Å². The number of nitro groups is 1. The highest BCUT2D eigenvalue weighted by molar-refractivity contribution is 6.30. The molecule has 0 amide bonds. The van der Waals surface area contributed by atoms with Gasteiger partial charge in [-0.25, -0.2) is 0 Å². The summed E-state index contributed by atoms with van der Waals surface area (Å²) in [6.45, 7) is 6.45. The maximum Gasteiger partial charge on any atom is 0.294 e. The molecule has 0 radical (unpaired) electrons. The topological polar surface area (TPSA) is 73.4 Å². The van der Waals surface area contributed by atoms with Gasteiger partial charge in [-0.05, 0) is 26.0 Å². The molecule has 1 heterocycles. The SMILES string of the molecule is CC(C)(C#N)N1CCN(c2ccc(Cl)cc2[N+](=O)[O-])CC1. The molecule has 1 fully saturated rings. The second-order valence-corrected chi connectivity index (χ2v) is 5.97. The normalized spacial score (nSPS) is 16.6. The van der Waals surface area contributed by atoms with Crippen LogP contribution in [0.4, 0.5) is 11.4 Å². The Labute approximate surface area is 128 Å². The van der Waals surface area contributed by atoms with E-state index in [1.807, 2.05) is 18.7 Å². The van der Waals surface area contributed by atoms with Crippen LogP contribution in [0.2, 0.25) is 5.02 Å². The van der Waals surface area contributed by atoms with E-state index in [1.165, 1.54) is 6.07 Å². The van der Waals surface area contributed by atoms with Gasteiger partial charge in [0.2, 0.25) is 0 Å². The van der Waals surface area contributed by atoms with Crippen molar-refractivity contribution in [1.82, 2.24) is 4.90 Å². The number of nitro benzene ring substituents is 1. The lowest BCUT2D eigenvalue weighted by atomic mass is 10.0. The zero-order valence-electron chi connectivity index (χ0n) is 12.0. The van der Waals surface area contributed by atoms with Crippen molar-refractivity contribution < 1.29 is 4.92 Å². The van der Waals surface area contributed by atoms with Crippen LogP contribution in [-0.2, 0) is 0 Å². The molecular formula is C14H17ClN4O2. The van der Waals surface area contributed by atoms with Gasteiger partial charge in [-0.15, -0.1) is 0 Å². The molecule has 0 atom stereocenters. The molecule has 6 nitrogen and oxygen atoms in total. The van der Waals surface area contributed by atoms with Crippen molar-refractivity contribution in [2.75, 3.05) is 31.1 Å². The van der Waals surface area contributed by atoms with E-state index in [0.717, 1.165) is 0 Å². The van der Waals surface area contributed by atoms with E-state index >= 15 is 0 Å². The number of piperazine rings is 1. The van der Waals surface area contributed by atoms with Crippen LogP contribution in [0.1, 0.15) is 13.8 Å². The van der Waals surface area contributed by atoms with E-state index in [1.54, 1.807) is 12.1 Å². The van der Waals surface area contributed by atoms with Gasteiger partial charge in [-0.3, -0.25) is 15.0 Å². The molecule has 21 heavy (non-hydrogen) atoms. The number of anilines is 1. The van der Waals surface area contributed by atoms with Crippen molar-refractivity contribution in [3.8, 4) is 6.07 Å². The van der Waals surface area contributed by atoms with Crippen LogP contribution >= 0.6 is 11.6 Å². The minimum atomic E-state index is -0.516. The van der Waals surface area contributed by atoms with Gasteiger partial charge in [0, 0.05) is 37.3 Å². The Hall–Kier alpha value is -1.84. The first-order valence-corrected chi connectivity index (χ1v) is 7.08. The molecule has 0 N–H and O–H groups in total. The molecule has 0 aromatic heterocycles. The van der Waals surface area contributed by atoms with Crippen molar-refractivity contribution in [1.29, 1.82) is 5.26 Å². The molecular weight excluding hydrogens is 292 g/mol. The van der Waals surface area contributed by atoms with Crippen LogP contribution in [0.15, 0.2) is 18.2 Å².